The van der Waals surface area contributed by atoms with Crippen molar-refractivity contribution < 1.29 is 9.47 Å². The third-order valence-electron chi connectivity index (χ3n) is 4.02. The van der Waals surface area contributed by atoms with Gasteiger partial charge in [-0.25, -0.2) is 0 Å². The Balaban J connectivity index is 1.89. The van der Waals surface area contributed by atoms with E-state index >= 15 is 0 Å². The first-order chi connectivity index (χ1) is 11.3. The summed E-state index contributed by atoms with van der Waals surface area (Å²) >= 11 is 3.52. The third-order valence-corrected chi connectivity index (χ3v) is 4.94. The fourth-order valence-electron chi connectivity index (χ4n) is 2.79. The Morgan fingerprint density at radius 1 is 0.696 bits per heavy atom. The van der Waals surface area contributed by atoms with Gasteiger partial charge >= 0.3 is 0 Å². The minimum Gasteiger partial charge on any atom is -0.310 e. The van der Waals surface area contributed by atoms with Crippen LogP contribution in [0.4, 0.5) is 0 Å². The lowest BCUT2D eigenvalue weighted by atomic mass is 9.92. The summed E-state index contributed by atoms with van der Waals surface area (Å²) in [7, 11) is 0. The van der Waals surface area contributed by atoms with E-state index in [1.807, 2.05) is 18.2 Å². The van der Waals surface area contributed by atoms with Crippen LogP contribution in [0.1, 0.15) is 5.56 Å². The zero-order chi connectivity index (χ0) is 15.7. The minimum atomic E-state index is -0.814. The van der Waals surface area contributed by atoms with E-state index in [-0.39, 0.29) is 0 Å². The quantitative estimate of drug-likeness (QED) is 0.567. The van der Waals surface area contributed by atoms with Crippen molar-refractivity contribution in [2.75, 3.05) is 6.79 Å². The molecule has 23 heavy (non-hydrogen) atoms. The van der Waals surface area contributed by atoms with Gasteiger partial charge in [0.15, 0.2) is 6.79 Å². The van der Waals surface area contributed by atoms with Gasteiger partial charge in [0.2, 0.25) is 0 Å². The number of hydrogen-bond donors (Lipinski definition) is 0. The summed E-state index contributed by atoms with van der Waals surface area (Å²) in [5.41, 5.74) is 5.67. The van der Waals surface area contributed by atoms with Gasteiger partial charge in [0, 0.05) is 5.56 Å². The molecule has 1 saturated heterocycles. The Hall–Kier alpha value is -1.94. The summed E-state index contributed by atoms with van der Waals surface area (Å²) in [5, 5.41) is 0. The van der Waals surface area contributed by atoms with Gasteiger partial charge in [-0.05, 0) is 44.3 Å². The van der Waals surface area contributed by atoms with Crippen LogP contribution in [0.5, 0.6) is 0 Å². The highest BCUT2D eigenvalue weighted by atomic mass is 79.9. The standard InChI is InChI=1S/C20H15BrO2/c21-20(22-14-23-20)17-11-12-18(15-7-3-1-4-8-15)19(13-17)16-9-5-2-6-10-16/h1-13H,14H2. The van der Waals surface area contributed by atoms with Crippen LogP contribution >= 0.6 is 15.9 Å². The molecule has 1 aliphatic rings. The largest absolute Gasteiger partial charge is 0.310 e. The highest BCUT2D eigenvalue weighted by Gasteiger charge is 2.39. The summed E-state index contributed by atoms with van der Waals surface area (Å²) in [5.74, 6) is 0. The molecule has 0 atom stereocenters. The van der Waals surface area contributed by atoms with E-state index in [2.05, 4.69) is 76.6 Å². The van der Waals surface area contributed by atoms with E-state index in [1.54, 1.807) is 0 Å². The molecule has 0 radical (unpaired) electrons. The van der Waals surface area contributed by atoms with Gasteiger partial charge in [-0.3, -0.25) is 0 Å². The number of halogens is 1. The molecule has 0 aromatic heterocycles. The number of hydrogen-bond acceptors (Lipinski definition) is 2. The highest BCUT2D eigenvalue weighted by Crippen LogP contribution is 2.43. The normalized spacial score (nSPS) is 15.9. The molecule has 4 rings (SSSR count). The zero-order valence-corrected chi connectivity index (χ0v) is 14.0. The maximum Gasteiger partial charge on any atom is 0.258 e. The molecule has 0 aliphatic carbocycles. The molecular weight excluding hydrogens is 352 g/mol. The van der Waals surface area contributed by atoms with Crippen LogP contribution in [0, 0.1) is 0 Å². The molecule has 0 N–H and O–H groups in total. The molecule has 114 valence electrons. The maximum atomic E-state index is 5.54. The van der Waals surface area contributed by atoms with Gasteiger partial charge in [-0.1, -0.05) is 72.8 Å². The van der Waals surface area contributed by atoms with Crippen molar-refractivity contribution in [3.05, 3.63) is 84.4 Å². The number of ether oxygens (including phenoxy) is 2. The van der Waals surface area contributed by atoms with E-state index in [0.29, 0.717) is 6.79 Å². The predicted molar refractivity (Wildman–Crippen MR) is 95.0 cm³/mol. The lowest BCUT2D eigenvalue weighted by Gasteiger charge is -2.36. The van der Waals surface area contributed by atoms with Gasteiger partial charge in [0.1, 0.15) is 0 Å². The molecule has 3 aromatic carbocycles. The minimum absolute atomic E-state index is 0.312. The van der Waals surface area contributed by atoms with Crippen molar-refractivity contribution in [2.24, 2.45) is 0 Å². The highest BCUT2D eigenvalue weighted by molar-refractivity contribution is 9.09. The molecule has 2 nitrogen and oxygen atoms in total. The van der Waals surface area contributed by atoms with Gasteiger partial charge in [0.05, 0.1) is 0 Å². The summed E-state index contributed by atoms with van der Waals surface area (Å²) in [6, 6.07) is 27.1. The van der Waals surface area contributed by atoms with Crippen LogP contribution in [-0.2, 0) is 14.2 Å². The van der Waals surface area contributed by atoms with Crippen molar-refractivity contribution in [1.29, 1.82) is 0 Å². The van der Waals surface area contributed by atoms with E-state index in [9.17, 15) is 0 Å². The first-order valence-corrected chi connectivity index (χ1v) is 8.28. The molecule has 3 aromatic rings. The summed E-state index contributed by atoms with van der Waals surface area (Å²) in [6.45, 7) is 0.312. The third kappa shape index (κ3) is 2.72. The average Bonchev–Trinajstić information content (AvgIpc) is 2.61. The van der Waals surface area contributed by atoms with Gasteiger partial charge in [-0.2, -0.15) is 0 Å². The summed E-state index contributed by atoms with van der Waals surface area (Å²) < 4.78 is 10.3. The van der Waals surface area contributed by atoms with E-state index < -0.39 is 4.70 Å². The molecule has 0 spiro atoms. The van der Waals surface area contributed by atoms with Crippen LogP contribution in [0.15, 0.2) is 78.9 Å². The van der Waals surface area contributed by atoms with E-state index in [0.717, 1.165) is 11.1 Å². The van der Waals surface area contributed by atoms with Gasteiger partial charge in [-0.15, -0.1) is 0 Å². The molecule has 3 heteroatoms. The molecule has 0 saturated carbocycles. The fourth-order valence-corrected chi connectivity index (χ4v) is 3.22. The molecule has 1 fully saturated rings. The van der Waals surface area contributed by atoms with Crippen LogP contribution in [0.2, 0.25) is 0 Å². The number of alkyl halides is 1. The predicted octanol–water partition coefficient (Wildman–Crippen LogP) is 5.53. The molecule has 0 unspecified atom stereocenters. The van der Waals surface area contributed by atoms with Crippen LogP contribution in [-0.4, -0.2) is 6.79 Å². The average molecular weight is 367 g/mol. The Morgan fingerprint density at radius 3 is 1.78 bits per heavy atom. The molecule has 1 aliphatic heterocycles. The van der Waals surface area contributed by atoms with E-state index in [1.165, 1.54) is 16.7 Å². The lowest BCUT2D eigenvalue weighted by molar-refractivity contribution is -0.349. The summed E-state index contributed by atoms with van der Waals surface area (Å²) in [4.78, 5) is 0. The van der Waals surface area contributed by atoms with Crippen molar-refractivity contribution >= 4 is 15.9 Å². The van der Waals surface area contributed by atoms with Gasteiger partial charge in [0.25, 0.3) is 4.70 Å². The second kappa shape index (κ2) is 5.93. The van der Waals surface area contributed by atoms with Crippen molar-refractivity contribution in [3.8, 4) is 22.3 Å². The van der Waals surface area contributed by atoms with Crippen LogP contribution in [0.3, 0.4) is 0 Å². The van der Waals surface area contributed by atoms with Gasteiger partial charge < -0.3 is 9.47 Å². The molecule has 0 amide bonds. The maximum absolute atomic E-state index is 5.54. The number of rotatable bonds is 3. The van der Waals surface area contributed by atoms with Crippen molar-refractivity contribution in [2.45, 2.75) is 4.70 Å². The SMILES string of the molecule is BrC1(c2ccc(-c3ccccc3)c(-c3ccccc3)c2)OCO1. The first-order valence-electron chi connectivity index (χ1n) is 7.48. The van der Waals surface area contributed by atoms with Crippen molar-refractivity contribution in [3.63, 3.8) is 0 Å². The monoisotopic (exact) mass is 366 g/mol. The van der Waals surface area contributed by atoms with E-state index in [4.69, 9.17) is 9.47 Å². The van der Waals surface area contributed by atoms with Crippen LogP contribution in [0.25, 0.3) is 22.3 Å². The Kier molecular flexibility index (Phi) is 3.77. The molecule has 1 heterocycles. The fraction of sp³-hybridized carbons (Fsp3) is 0.100. The second-order valence-corrected chi connectivity index (χ2v) is 6.48. The molecular formula is C20H15BrO2. The second-order valence-electron chi connectivity index (χ2n) is 5.44. The van der Waals surface area contributed by atoms with Crippen molar-refractivity contribution in [1.82, 2.24) is 0 Å². The smallest absolute Gasteiger partial charge is 0.258 e. The Bertz CT molecular complexity index is 812. The Labute approximate surface area is 143 Å². The Morgan fingerprint density at radius 2 is 1.26 bits per heavy atom. The topological polar surface area (TPSA) is 18.5 Å². The summed E-state index contributed by atoms with van der Waals surface area (Å²) in [6.07, 6.45) is 0. The zero-order valence-electron chi connectivity index (χ0n) is 12.4. The number of benzene rings is 3. The lowest BCUT2D eigenvalue weighted by Crippen LogP contribution is -2.38. The first kappa shape index (κ1) is 14.6. The molecule has 0 bridgehead atoms. The van der Waals surface area contributed by atoms with Crippen LogP contribution < -0.4 is 0 Å².